The lowest BCUT2D eigenvalue weighted by molar-refractivity contribution is 0.0912. The normalized spacial score (nSPS) is 13.3. The van der Waals surface area contributed by atoms with Gasteiger partial charge in [0.25, 0.3) is 5.91 Å². The standard InChI is InChI=1S/C13H17Cl2NO/c1-8-5-6-10(11(15)7-8)12(17)16-13(3,4)9(2)14/h5-7,9H,1-4H3,(H,16,17). The van der Waals surface area contributed by atoms with E-state index in [2.05, 4.69) is 5.32 Å². The van der Waals surface area contributed by atoms with E-state index in [1.807, 2.05) is 33.8 Å². The van der Waals surface area contributed by atoms with Gasteiger partial charge < -0.3 is 5.32 Å². The Morgan fingerprint density at radius 3 is 2.47 bits per heavy atom. The number of hydrogen-bond acceptors (Lipinski definition) is 1. The smallest absolute Gasteiger partial charge is 0.253 e. The minimum Gasteiger partial charge on any atom is -0.346 e. The Kier molecular flexibility index (Phi) is 4.45. The fraction of sp³-hybridized carbons (Fsp3) is 0.462. The first-order chi connectivity index (χ1) is 7.74. The van der Waals surface area contributed by atoms with Crippen LogP contribution in [0.4, 0.5) is 0 Å². The molecule has 0 aromatic heterocycles. The number of halogens is 2. The van der Waals surface area contributed by atoms with Gasteiger partial charge in [-0.3, -0.25) is 4.79 Å². The second kappa shape index (κ2) is 5.28. The van der Waals surface area contributed by atoms with Crippen LogP contribution in [0.2, 0.25) is 5.02 Å². The molecule has 0 saturated heterocycles. The number of amides is 1. The number of hydrogen-bond donors (Lipinski definition) is 1. The van der Waals surface area contributed by atoms with Crippen LogP contribution in [0.15, 0.2) is 18.2 Å². The van der Waals surface area contributed by atoms with Crippen LogP contribution in [0, 0.1) is 6.92 Å². The topological polar surface area (TPSA) is 29.1 Å². The summed E-state index contributed by atoms with van der Waals surface area (Å²) in [7, 11) is 0. The second-order valence-corrected chi connectivity index (χ2v) is 5.84. The minimum atomic E-state index is -0.479. The molecule has 1 amide bonds. The van der Waals surface area contributed by atoms with Crippen molar-refractivity contribution >= 4 is 29.1 Å². The Hall–Kier alpha value is -0.730. The van der Waals surface area contributed by atoms with Gasteiger partial charge in [0.15, 0.2) is 0 Å². The van der Waals surface area contributed by atoms with E-state index in [0.29, 0.717) is 10.6 Å². The van der Waals surface area contributed by atoms with Crippen molar-refractivity contribution in [2.45, 2.75) is 38.6 Å². The molecule has 17 heavy (non-hydrogen) atoms. The van der Waals surface area contributed by atoms with Gasteiger partial charge in [-0.2, -0.15) is 0 Å². The van der Waals surface area contributed by atoms with Crippen LogP contribution >= 0.6 is 23.2 Å². The summed E-state index contributed by atoms with van der Waals surface area (Å²) in [5, 5.41) is 3.17. The zero-order chi connectivity index (χ0) is 13.2. The number of carbonyl (C=O) groups excluding carboxylic acids is 1. The van der Waals surface area contributed by atoms with Gasteiger partial charge in [0.2, 0.25) is 0 Å². The van der Waals surface area contributed by atoms with Crippen molar-refractivity contribution in [3.8, 4) is 0 Å². The highest BCUT2D eigenvalue weighted by Gasteiger charge is 2.27. The Balaban J connectivity index is 2.91. The summed E-state index contributed by atoms with van der Waals surface area (Å²) in [5.41, 5.74) is 1.02. The van der Waals surface area contributed by atoms with Crippen LogP contribution in [-0.2, 0) is 0 Å². The van der Waals surface area contributed by atoms with Crippen LogP contribution < -0.4 is 5.32 Å². The van der Waals surface area contributed by atoms with Crippen LogP contribution in [0.3, 0.4) is 0 Å². The third-order valence-electron chi connectivity index (χ3n) is 2.80. The van der Waals surface area contributed by atoms with Crippen molar-refractivity contribution in [3.05, 3.63) is 34.3 Å². The van der Waals surface area contributed by atoms with Gasteiger partial charge in [-0.1, -0.05) is 17.7 Å². The van der Waals surface area contributed by atoms with Gasteiger partial charge in [0, 0.05) is 0 Å². The largest absolute Gasteiger partial charge is 0.346 e. The highest BCUT2D eigenvalue weighted by atomic mass is 35.5. The molecule has 0 aliphatic carbocycles. The zero-order valence-corrected chi connectivity index (χ0v) is 12.0. The first kappa shape index (κ1) is 14.3. The van der Waals surface area contributed by atoms with E-state index in [0.717, 1.165) is 5.56 Å². The molecule has 2 nitrogen and oxygen atoms in total. The lowest BCUT2D eigenvalue weighted by Crippen LogP contribution is -2.49. The molecule has 0 aliphatic rings. The lowest BCUT2D eigenvalue weighted by atomic mass is 10.0. The fourth-order valence-electron chi connectivity index (χ4n) is 1.26. The van der Waals surface area contributed by atoms with E-state index >= 15 is 0 Å². The number of aryl methyl sites for hydroxylation is 1. The molecule has 0 heterocycles. The Morgan fingerprint density at radius 1 is 1.41 bits per heavy atom. The van der Waals surface area contributed by atoms with E-state index in [1.54, 1.807) is 12.1 Å². The first-order valence-corrected chi connectivity index (χ1v) is 6.28. The molecule has 1 rings (SSSR count). The summed E-state index contributed by atoms with van der Waals surface area (Å²) < 4.78 is 0. The van der Waals surface area contributed by atoms with Crippen LogP contribution in [0.5, 0.6) is 0 Å². The van der Waals surface area contributed by atoms with Crippen LogP contribution in [0.25, 0.3) is 0 Å². The maximum Gasteiger partial charge on any atom is 0.253 e. The molecule has 0 spiro atoms. The number of benzene rings is 1. The predicted octanol–water partition coefficient (Wildman–Crippen LogP) is 3.78. The van der Waals surface area contributed by atoms with Crippen molar-refractivity contribution < 1.29 is 4.79 Å². The van der Waals surface area contributed by atoms with Gasteiger partial charge in [0.1, 0.15) is 0 Å². The molecule has 1 N–H and O–H groups in total. The van der Waals surface area contributed by atoms with Gasteiger partial charge in [-0.05, 0) is 45.4 Å². The molecular weight excluding hydrogens is 257 g/mol. The maximum absolute atomic E-state index is 12.0. The van der Waals surface area contributed by atoms with E-state index in [-0.39, 0.29) is 11.3 Å². The molecule has 0 bridgehead atoms. The SMILES string of the molecule is Cc1ccc(C(=O)NC(C)(C)C(C)Cl)c(Cl)c1. The van der Waals surface area contributed by atoms with Gasteiger partial charge >= 0.3 is 0 Å². The monoisotopic (exact) mass is 273 g/mol. The Labute approximate surface area is 112 Å². The van der Waals surface area contributed by atoms with Gasteiger partial charge in [0.05, 0.1) is 21.5 Å². The van der Waals surface area contributed by atoms with Crippen molar-refractivity contribution in [2.75, 3.05) is 0 Å². The molecule has 0 saturated carbocycles. The molecule has 0 aliphatic heterocycles. The van der Waals surface area contributed by atoms with Crippen LogP contribution in [-0.4, -0.2) is 16.8 Å². The number of alkyl halides is 1. The molecule has 0 fully saturated rings. The zero-order valence-electron chi connectivity index (χ0n) is 10.5. The molecule has 1 aromatic rings. The molecule has 0 radical (unpaired) electrons. The van der Waals surface area contributed by atoms with Gasteiger partial charge in [-0.25, -0.2) is 0 Å². The van der Waals surface area contributed by atoms with E-state index in [4.69, 9.17) is 23.2 Å². The first-order valence-electron chi connectivity index (χ1n) is 5.47. The molecule has 1 unspecified atom stereocenters. The summed E-state index contributed by atoms with van der Waals surface area (Å²) in [6, 6.07) is 5.35. The number of carbonyl (C=O) groups is 1. The fourth-order valence-corrected chi connectivity index (χ4v) is 1.64. The van der Waals surface area contributed by atoms with Crippen LogP contribution in [0.1, 0.15) is 36.7 Å². The van der Waals surface area contributed by atoms with Crippen molar-refractivity contribution in [3.63, 3.8) is 0 Å². The van der Waals surface area contributed by atoms with Gasteiger partial charge in [-0.15, -0.1) is 11.6 Å². The third-order valence-corrected chi connectivity index (χ3v) is 3.66. The minimum absolute atomic E-state index is 0.171. The molecule has 1 aromatic carbocycles. The quantitative estimate of drug-likeness (QED) is 0.835. The van der Waals surface area contributed by atoms with Crippen molar-refractivity contribution in [1.29, 1.82) is 0 Å². The Morgan fingerprint density at radius 2 is 2.00 bits per heavy atom. The summed E-state index contributed by atoms with van der Waals surface area (Å²) in [6.45, 7) is 7.53. The van der Waals surface area contributed by atoms with E-state index in [9.17, 15) is 4.79 Å². The van der Waals surface area contributed by atoms with Crippen molar-refractivity contribution in [1.82, 2.24) is 5.32 Å². The lowest BCUT2D eigenvalue weighted by Gasteiger charge is -2.29. The summed E-state index contributed by atoms with van der Waals surface area (Å²) in [4.78, 5) is 12.0. The second-order valence-electron chi connectivity index (χ2n) is 4.78. The van der Waals surface area contributed by atoms with E-state index in [1.165, 1.54) is 0 Å². The van der Waals surface area contributed by atoms with Crippen molar-refractivity contribution in [2.24, 2.45) is 0 Å². The third kappa shape index (κ3) is 3.62. The number of rotatable bonds is 3. The molecular formula is C13H17Cl2NO. The summed E-state index contributed by atoms with van der Waals surface area (Å²) in [6.07, 6.45) is 0. The molecule has 1 atom stereocenters. The average Bonchev–Trinajstić information content (AvgIpc) is 2.15. The highest BCUT2D eigenvalue weighted by molar-refractivity contribution is 6.34. The number of nitrogens with one attached hydrogen (secondary N) is 1. The summed E-state index contributed by atoms with van der Waals surface area (Å²) >= 11 is 12.1. The van der Waals surface area contributed by atoms with E-state index < -0.39 is 5.54 Å². The Bertz CT molecular complexity index is 427. The predicted molar refractivity (Wildman–Crippen MR) is 73.0 cm³/mol. The summed E-state index contributed by atoms with van der Waals surface area (Å²) in [5.74, 6) is -0.201. The average molecular weight is 274 g/mol. The maximum atomic E-state index is 12.0. The molecule has 94 valence electrons. The highest BCUT2D eigenvalue weighted by Crippen LogP contribution is 2.20. The molecule has 4 heteroatoms.